The Labute approximate surface area is 177 Å². The highest BCUT2D eigenvalue weighted by molar-refractivity contribution is 7.21. The third kappa shape index (κ3) is 3.73. The zero-order chi connectivity index (χ0) is 20.5. The van der Waals surface area contributed by atoms with E-state index in [9.17, 15) is 4.79 Å². The number of aromatic nitrogens is 1. The highest BCUT2D eigenvalue weighted by Crippen LogP contribution is 2.36. The molecule has 0 spiro atoms. The molecule has 2 heterocycles. The summed E-state index contributed by atoms with van der Waals surface area (Å²) in [7, 11) is 3.20. The molecule has 5 nitrogen and oxygen atoms in total. The quantitative estimate of drug-likeness (QED) is 0.436. The molecule has 0 aliphatic carbocycles. The van der Waals surface area contributed by atoms with Crippen LogP contribution in [0.5, 0.6) is 11.5 Å². The molecule has 2 aromatic carbocycles. The van der Waals surface area contributed by atoms with E-state index in [1.54, 1.807) is 20.3 Å². The fourth-order valence-corrected chi connectivity index (χ4v) is 4.63. The van der Waals surface area contributed by atoms with Gasteiger partial charge >= 0.3 is 0 Å². The molecule has 148 valence electrons. The van der Waals surface area contributed by atoms with Crippen molar-refractivity contribution >= 4 is 49.8 Å². The van der Waals surface area contributed by atoms with Crippen LogP contribution in [0.25, 0.3) is 21.0 Å². The molecule has 7 heteroatoms. The van der Waals surface area contributed by atoms with Crippen molar-refractivity contribution in [3.63, 3.8) is 0 Å². The summed E-state index contributed by atoms with van der Waals surface area (Å²) in [5, 5.41) is 5.15. The van der Waals surface area contributed by atoms with Crippen LogP contribution in [0, 0.1) is 6.92 Å². The summed E-state index contributed by atoms with van der Waals surface area (Å²) < 4.78 is 11.6. The topological polar surface area (TPSA) is 60.5 Å². The summed E-state index contributed by atoms with van der Waals surface area (Å²) in [5.74, 6) is 1.22. The van der Waals surface area contributed by atoms with Crippen LogP contribution in [0.3, 0.4) is 0 Å². The summed E-state index contributed by atoms with van der Waals surface area (Å²) in [6.45, 7) is 2.35. The molecule has 0 fully saturated rings. The molecule has 0 unspecified atom stereocenters. The van der Waals surface area contributed by atoms with E-state index in [1.165, 1.54) is 11.3 Å². The van der Waals surface area contributed by atoms with E-state index in [2.05, 4.69) is 16.4 Å². The Morgan fingerprint density at radius 2 is 1.93 bits per heavy atom. The van der Waals surface area contributed by atoms with Gasteiger partial charge in [-0.1, -0.05) is 23.2 Å². The maximum Gasteiger partial charge on any atom is 0.261 e. The number of fused-ring (bicyclic) bond motifs is 3. The molecule has 2 aromatic heterocycles. The van der Waals surface area contributed by atoms with Crippen LogP contribution < -0.4 is 14.8 Å². The number of hydrogen-bond donors (Lipinski definition) is 1. The van der Waals surface area contributed by atoms with Crippen molar-refractivity contribution in [2.24, 2.45) is 0 Å². The number of aryl methyl sites for hydroxylation is 1. The predicted octanol–water partition coefficient (Wildman–Crippen LogP) is 5.36. The molecule has 4 aromatic rings. The number of halogens is 1. The fourth-order valence-electron chi connectivity index (χ4n) is 3.23. The van der Waals surface area contributed by atoms with Gasteiger partial charge in [-0.25, -0.2) is 4.98 Å². The SMILES string of the molecule is COc1ccc(OC)c(CNC(=O)c2cc3c(Cl)nc4ccc(C)cc4c3s2)c1. The molecular weight excluding hydrogens is 408 g/mol. The lowest BCUT2D eigenvalue weighted by molar-refractivity contribution is 0.0954. The van der Waals surface area contributed by atoms with Crippen molar-refractivity contribution < 1.29 is 14.3 Å². The Morgan fingerprint density at radius 3 is 2.69 bits per heavy atom. The van der Waals surface area contributed by atoms with Crippen LogP contribution in [0.2, 0.25) is 5.15 Å². The number of benzene rings is 2. The highest BCUT2D eigenvalue weighted by atomic mass is 35.5. The van der Waals surface area contributed by atoms with Crippen molar-refractivity contribution in [1.29, 1.82) is 0 Å². The fraction of sp³-hybridized carbons (Fsp3) is 0.182. The first-order valence-corrected chi connectivity index (χ1v) is 10.2. The Balaban J connectivity index is 1.65. The van der Waals surface area contributed by atoms with Crippen molar-refractivity contribution in [2.45, 2.75) is 13.5 Å². The number of carbonyl (C=O) groups is 1. The number of hydrogen-bond acceptors (Lipinski definition) is 5. The summed E-state index contributed by atoms with van der Waals surface area (Å²) in [6.07, 6.45) is 0. The number of nitrogens with zero attached hydrogens (tertiary/aromatic N) is 1. The van der Waals surface area contributed by atoms with Crippen molar-refractivity contribution in [3.05, 3.63) is 63.6 Å². The standard InChI is InChI=1S/C22H19ClN2O3S/c1-12-4-6-17-15(8-12)20-16(21(23)25-17)10-19(29-20)22(26)24-11-13-9-14(27-2)5-7-18(13)28-3/h4-10H,11H2,1-3H3,(H,24,26). The average molecular weight is 427 g/mol. The Bertz CT molecular complexity index is 1240. The summed E-state index contributed by atoms with van der Waals surface area (Å²) in [5.41, 5.74) is 2.79. The molecule has 0 aliphatic heterocycles. The van der Waals surface area contributed by atoms with E-state index in [4.69, 9.17) is 21.1 Å². The van der Waals surface area contributed by atoms with Crippen LogP contribution in [0.4, 0.5) is 0 Å². The first-order chi connectivity index (χ1) is 14.0. The van der Waals surface area contributed by atoms with Crippen LogP contribution in [0.15, 0.2) is 42.5 Å². The van der Waals surface area contributed by atoms with Gasteiger partial charge in [0.1, 0.15) is 16.7 Å². The minimum absolute atomic E-state index is 0.173. The molecule has 29 heavy (non-hydrogen) atoms. The van der Waals surface area contributed by atoms with Gasteiger partial charge in [-0.2, -0.15) is 0 Å². The normalized spacial score (nSPS) is 11.0. The van der Waals surface area contributed by atoms with Crippen LogP contribution in [-0.4, -0.2) is 25.1 Å². The number of amides is 1. The predicted molar refractivity (Wildman–Crippen MR) is 118 cm³/mol. The summed E-state index contributed by atoms with van der Waals surface area (Å²) >= 11 is 7.79. The molecule has 0 radical (unpaired) electrons. The van der Waals surface area contributed by atoms with E-state index in [0.717, 1.165) is 32.1 Å². The molecule has 0 atom stereocenters. The number of pyridine rings is 1. The van der Waals surface area contributed by atoms with Gasteiger partial charge in [-0.15, -0.1) is 11.3 Å². The molecule has 1 amide bonds. The van der Waals surface area contributed by atoms with Gasteiger partial charge in [-0.05, 0) is 43.3 Å². The summed E-state index contributed by atoms with van der Waals surface area (Å²) in [6, 6.07) is 13.3. The molecular formula is C22H19ClN2O3S. The van der Waals surface area contributed by atoms with Gasteiger partial charge in [-0.3, -0.25) is 4.79 Å². The van der Waals surface area contributed by atoms with Gasteiger partial charge in [0.05, 0.1) is 24.6 Å². The number of thiophene rings is 1. The van der Waals surface area contributed by atoms with Gasteiger partial charge in [0.2, 0.25) is 0 Å². The smallest absolute Gasteiger partial charge is 0.261 e. The van der Waals surface area contributed by atoms with Crippen LogP contribution in [0.1, 0.15) is 20.8 Å². The number of ether oxygens (including phenoxy) is 2. The zero-order valence-electron chi connectivity index (χ0n) is 16.2. The summed E-state index contributed by atoms with van der Waals surface area (Å²) in [4.78, 5) is 17.9. The number of rotatable bonds is 5. The Morgan fingerprint density at radius 1 is 1.10 bits per heavy atom. The largest absolute Gasteiger partial charge is 0.497 e. The number of methoxy groups -OCH3 is 2. The maximum atomic E-state index is 12.8. The first-order valence-electron chi connectivity index (χ1n) is 8.98. The van der Waals surface area contributed by atoms with E-state index in [-0.39, 0.29) is 5.91 Å². The third-order valence-electron chi connectivity index (χ3n) is 4.72. The van der Waals surface area contributed by atoms with Gasteiger partial charge in [0.25, 0.3) is 5.91 Å². The lowest BCUT2D eigenvalue weighted by Gasteiger charge is -2.11. The Kier molecular flexibility index (Phi) is 5.30. The number of nitrogens with one attached hydrogen (secondary N) is 1. The minimum atomic E-state index is -0.173. The van der Waals surface area contributed by atoms with E-state index < -0.39 is 0 Å². The van der Waals surface area contributed by atoms with Gasteiger partial charge in [0, 0.05) is 27.6 Å². The molecule has 0 saturated carbocycles. The second kappa shape index (κ2) is 7.89. The zero-order valence-corrected chi connectivity index (χ0v) is 17.8. The van der Waals surface area contributed by atoms with Crippen molar-refractivity contribution in [3.8, 4) is 11.5 Å². The number of carbonyl (C=O) groups excluding carboxylic acids is 1. The van der Waals surface area contributed by atoms with E-state index in [1.807, 2.05) is 37.3 Å². The lowest BCUT2D eigenvalue weighted by atomic mass is 10.1. The minimum Gasteiger partial charge on any atom is -0.497 e. The molecule has 4 rings (SSSR count). The third-order valence-corrected chi connectivity index (χ3v) is 6.18. The van der Waals surface area contributed by atoms with Crippen LogP contribution in [-0.2, 0) is 6.54 Å². The van der Waals surface area contributed by atoms with E-state index in [0.29, 0.717) is 28.1 Å². The Hall–Kier alpha value is -2.83. The second-order valence-electron chi connectivity index (χ2n) is 6.64. The van der Waals surface area contributed by atoms with Gasteiger partial charge in [0.15, 0.2) is 0 Å². The van der Waals surface area contributed by atoms with Crippen molar-refractivity contribution in [2.75, 3.05) is 14.2 Å². The molecule has 0 bridgehead atoms. The highest BCUT2D eigenvalue weighted by Gasteiger charge is 2.16. The second-order valence-corrected chi connectivity index (χ2v) is 8.05. The van der Waals surface area contributed by atoms with Crippen molar-refractivity contribution in [1.82, 2.24) is 10.3 Å². The van der Waals surface area contributed by atoms with Gasteiger partial charge < -0.3 is 14.8 Å². The first kappa shape index (κ1) is 19.5. The lowest BCUT2D eigenvalue weighted by Crippen LogP contribution is -2.22. The molecule has 0 saturated heterocycles. The van der Waals surface area contributed by atoms with E-state index >= 15 is 0 Å². The monoisotopic (exact) mass is 426 g/mol. The maximum absolute atomic E-state index is 12.8. The average Bonchev–Trinajstić information content (AvgIpc) is 3.19. The molecule has 0 aliphatic rings. The van der Waals surface area contributed by atoms with Crippen LogP contribution >= 0.6 is 22.9 Å². The molecule has 1 N–H and O–H groups in total.